The summed E-state index contributed by atoms with van der Waals surface area (Å²) in [6, 6.07) is 17.6. The summed E-state index contributed by atoms with van der Waals surface area (Å²) in [4.78, 5) is 25.6. The average molecular weight is 545 g/mol. The highest BCUT2D eigenvalue weighted by molar-refractivity contribution is 6.76. The largest absolute Gasteiger partial charge is 0.467 e. The van der Waals surface area contributed by atoms with Crippen LogP contribution in [0.25, 0.3) is 0 Å². The lowest BCUT2D eigenvalue weighted by atomic mass is 9.91. The second kappa shape index (κ2) is 12.1. The fraction of sp³-hybridized carbons (Fsp3) is 0.375. The van der Waals surface area contributed by atoms with Crippen molar-refractivity contribution in [2.24, 2.45) is 5.92 Å². The molecular weight excluding hydrogens is 521 g/mol. The van der Waals surface area contributed by atoms with Crippen molar-refractivity contribution in [1.29, 1.82) is 5.41 Å². The van der Waals surface area contributed by atoms with E-state index >= 15 is 0 Å². The molecule has 0 radical (unpaired) electrons. The molecule has 5 unspecified atom stereocenters. The van der Waals surface area contributed by atoms with Crippen LogP contribution >= 0.6 is 34.8 Å². The Hall–Kier alpha value is -2.36. The van der Waals surface area contributed by atoms with Crippen molar-refractivity contribution in [2.45, 2.75) is 41.9 Å². The van der Waals surface area contributed by atoms with Gasteiger partial charge in [0.25, 0.3) is 3.79 Å². The van der Waals surface area contributed by atoms with Gasteiger partial charge in [-0.25, -0.2) is 9.59 Å². The van der Waals surface area contributed by atoms with Gasteiger partial charge in [-0.05, 0) is 17.7 Å². The number of alkyl halides is 3. The van der Waals surface area contributed by atoms with Crippen molar-refractivity contribution >= 4 is 52.6 Å². The highest BCUT2D eigenvalue weighted by atomic mass is 35.6. The van der Waals surface area contributed by atoms with Crippen LogP contribution in [0.1, 0.15) is 22.8 Å². The van der Waals surface area contributed by atoms with E-state index in [4.69, 9.17) is 63.9 Å². The molecular formula is C24H24Cl3NO7. The number of carbonyl (C=O) groups excluding carboxylic acids is 2. The monoisotopic (exact) mass is 543 g/mol. The Labute approximate surface area is 217 Å². The van der Waals surface area contributed by atoms with Crippen LogP contribution in [0.4, 0.5) is 0 Å². The van der Waals surface area contributed by atoms with Crippen molar-refractivity contribution in [3.63, 3.8) is 0 Å². The third kappa shape index (κ3) is 7.08. The van der Waals surface area contributed by atoms with Gasteiger partial charge in [0.2, 0.25) is 12.2 Å². The van der Waals surface area contributed by atoms with Crippen molar-refractivity contribution in [3.05, 3.63) is 71.8 Å². The number of esters is 2. The van der Waals surface area contributed by atoms with Gasteiger partial charge in [0.15, 0.2) is 12.2 Å². The normalized spacial score (nSPS) is 24.3. The molecule has 0 amide bonds. The molecule has 1 aliphatic heterocycles. The van der Waals surface area contributed by atoms with Crippen LogP contribution in [-0.4, -0.2) is 53.3 Å². The molecule has 11 heteroatoms. The molecule has 1 heterocycles. The van der Waals surface area contributed by atoms with Crippen LogP contribution < -0.4 is 0 Å². The number of hydrogen-bond acceptors (Lipinski definition) is 8. The van der Waals surface area contributed by atoms with E-state index in [0.29, 0.717) is 0 Å². The fourth-order valence-corrected chi connectivity index (χ4v) is 3.64. The summed E-state index contributed by atoms with van der Waals surface area (Å²) in [6.07, 6.45) is -4.78. The van der Waals surface area contributed by atoms with Gasteiger partial charge in [0, 0.05) is 5.92 Å². The van der Waals surface area contributed by atoms with E-state index in [1.165, 1.54) is 7.11 Å². The third-order valence-electron chi connectivity index (χ3n) is 5.31. The summed E-state index contributed by atoms with van der Waals surface area (Å²) in [5.41, 5.74) is 1.13. The van der Waals surface area contributed by atoms with Crippen molar-refractivity contribution < 1.29 is 33.3 Å². The Bertz CT molecular complexity index is 1020. The van der Waals surface area contributed by atoms with E-state index in [2.05, 4.69) is 0 Å². The van der Waals surface area contributed by atoms with E-state index < -0.39 is 52.1 Å². The molecule has 0 bridgehead atoms. The molecule has 35 heavy (non-hydrogen) atoms. The number of hydrogen-bond donors (Lipinski definition) is 1. The molecule has 1 fully saturated rings. The lowest BCUT2D eigenvalue weighted by Crippen LogP contribution is -2.60. The molecule has 1 aliphatic rings. The Kier molecular flexibility index (Phi) is 9.38. The summed E-state index contributed by atoms with van der Waals surface area (Å²) < 4.78 is 25.8. The van der Waals surface area contributed by atoms with Crippen LogP contribution in [0.3, 0.4) is 0 Å². The van der Waals surface area contributed by atoms with Gasteiger partial charge in [0.1, 0.15) is 6.10 Å². The summed E-state index contributed by atoms with van der Waals surface area (Å²) in [5.74, 6) is -2.88. The van der Waals surface area contributed by atoms with E-state index in [0.717, 1.165) is 5.56 Å². The minimum atomic E-state index is -2.15. The Balaban J connectivity index is 1.92. The molecule has 2 aromatic carbocycles. The highest BCUT2D eigenvalue weighted by Gasteiger charge is 2.52. The number of methoxy groups -OCH3 is 1. The van der Waals surface area contributed by atoms with Crippen LogP contribution in [0.5, 0.6) is 0 Å². The molecule has 3 rings (SSSR count). The number of halogens is 3. The summed E-state index contributed by atoms with van der Waals surface area (Å²) >= 11 is 17.3. The predicted octanol–water partition coefficient (Wildman–Crippen LogP) is 4.70. The lowest BCUT2D eigenvalue weighted by Gasteiger charge is -2.43. The molecule has 0 saturated carbocycles. The van der Waals surface area contributed by atoms with Gasteiger partial charge in [-0.3, -0.25) is 5.41 Å². The fourth-order valence-electron chi connectivity index (χ4n) is 3.50. The second-order valence-corrected chi connectivity index (χ2v) is 10.0. The standard InChI is InChI=1S/C24H24Cl3NO7/c1-14-17(32-13-15-9-5-3-6-10-15)18(33-20(29)16-11-7-4-8-12-16)19(21(30)31-2)34-22(14)35-23(28)24(25,26)27/h3-12,14,17-19,22,28H,13H2,1-2H3. The van der Waals surface area contributed by atoms with Crippen molar-refractivity contribution in [2.75, 3.05) is 7.11 Å². The molecule has 1 saturated heterocycles. The minimum absolute atomic E-state index is 0.137. The average Bonchev–Trinajstić information content (AvgIpc) is 2.85. The van der Waals surface area contributed by atoms with Gasteiger partial charge in [-0.15, -0.1) is 0 Å². The lowest BCUT2D eigenvalue weighted by molar-refractivity contribution is -0.265. The van der Waals surface area contributed by atoms with Crippen molar-refractivity contribution in [1.82, 2.24) is 0 Å². The van der Waals surface area contributed by atoms with E-state index in [9.17, 15) is 9.59 Å². The highest BCUT2D eigenvalue weighted by Crippen LogP contribution is 2.35. The number of ether oxygens (including phenoxy) is 5. The zero-order valence-electron chi connectivity index (χ0n) is 18.9. The summed E-state index contributed by atoms with van der Waals surface area (Å²) in [6.45, 7) is 1.82. The molecule has 0 aliphatic carbocycles. The maximum atomic E-state index is 12.9. The number of nitrogens with one attached hydrogen (secondary N) is 1. The maximum absolute atomic E-state index is 12.9. The second-order valence-electron chi connectivity index (χ2n) is 7.75. The summed E-state index contributed by atoms with van der Waals surface area (Å²) in [7, 11) is 1.17. The third-order valence-corrected chi connectivity index (χ3v) is 5.83. The van der Waals surface area contributed by atoms with E-state index in [-0.39, 0.29) is 12.2 Å². The van der Waals surface area contributed by atoms with Gasteiger partial charge in [-0.1, -0.05) is 90.3 Å². The molecule has 2 aromatic rings. The Morgan fingerprint density at radius 2 is 1.57 bits per heavy atom. The van der Waals surface area contributed by atoms with Gasteiger partial charge < -0.3 is 23.7 Å². The molecule has 0 spiro atoms. The number of benzene rings is 2. The van der Waals surface area contributed by atoms with E-state index in [1.54, 1.807) is 37.3 Å². The first-order valence-electron chi connectivity index (χ1n) is 10.6. The smallest absolute Gasteiger partial charge is 0.339 e. The maximum Gasteiger partial charge on any atom is 0.339 e. The molecule has 188 valence electrons. The van der Waals surface area contributed by atoms with Gasteiger partial charge in [0.05, 0.1) is 19.3 Å². The molecule has 8 nitrogen and oxygen atoms in total. The predicted molar refractivity (Wildman–Crippen MR) is 130 cm³/mol. The van der Waals surface area contributed by atoms with Gasteiger partial charge >= 0.3 is 11.9 Å². The topological polar surface area (TPSA) is 104 Å². The first-order valence-corrected chi connectivity index (χ1v) is 11.7. The SMILES string of the molecule is COC(=O)C1OC(OC(=N)C(Cl)(Cl)Cl)C(C)C(OCc2ccccc2)C1OC(=O)c1ccccc1. The minimum Gasteiger partial charge on any atom is -0.467 e. The first-order chi connectivity index (χ1) is 16.6. The number of rotatable bonds is 7. The van der Waals surface area contributed by atoms with Crippen LogP contribution in [0.2, 0.25) is 0 Å². The quantitative estimate of drug-likeness (QED) is 0.233. The van der Waals surface area contributed by atoms with Gasteiger partial charge in [-0.2, -0.15) is 0 Å². The Morgan fingerprint density at radius 3 is 2.14 bits per heavy atom. The van der Waals surface area contributed by atoms with Crippen LogP contribution in [0.15, 0.2) is 60.7 Å². The zero-order chi connectivity index (χ0) is 25.6. The van der Waals surface area contributed by atoms with Crippen LogP contribution in [0, 0.1) is 11.3 Å². The molecule has 1 N–H and O–H groups in total. The Morgan fingerprint density at radius 1 is 0.971 bits per heavy atom. The first kappa shape index (κ1) is 27.2. The molecule has 0 aromatic heterocycles. The number of carbonyl (C=O) groups is 2. The van der Waals surface area contributed by atoms with E-state index in [1.807, 2.05) is 30.3 Å². The zero-order valence-corrected chi connectivity index (χ0v) is 21.1. The molecule has 5 atom stereocenters. The van der Waals surface area contributed by atoms with Crippen LogP contribution in [-0.2, 0) is 35.1 Å². The summed E-state index contributed by atoms with van der Waals surface area (Å²) in [5, 5.41) is 7.92. The van der Waals surface area contributed by atoms with Crippen molar-refractivity contribution in [3.8, 4) is 0 Å².